The number of thiophene rings is 1. The van der Waals surface area contributed by atoms with E-state index in [0.717, 1.165) is 19.3 Å². The summed E-state index contributed by atoms with van der Waals surface area (Å²) in [4.78, 5) is 12.8. The zero-order valence-corrected chi connectivity index (χ0v) is 19.2. The second-order valence-corrected chi connectivity index (χ2v) is 10.1. The number of sulfonamides is 1. The second kappa shape index (κ2) is 9.72. The molecule has 168 valence electrons. The standard InChI is InChI=1S/C23H24N2O5S2/c1-29-21-7-3-4-8-22(21)30-20-10-9-18(32(27,28)25-12-5-2-6-13-25)15-19(20)24-23(26)17-11-14-31-16-17/h3-4,7-11,14-16H,2,5-6,12-13H2,1H3,(H,24,26). The van der Waals surface area contributed by atoms with Crippen molar-refractivity contribution in [2.45, 2.75) is 24.2 Å². The Hall–Kier alpha value is -2.88. The van der Waals surface area contributed by atoms with Crippen LogP contribution in [0.2, 0.25) is 0 Å². The van der Waals surface area contributed by atoms with E-state index in [1.807, 2.05) is 6.07 Å². The van der Waals surface area contributed by atoms with Crippen LogP contribution in [-0.4, -0.2) is 38.8 Å². The molecular formula is C23H24N2O5S2. The molecule has 1 aliphatic rings. The summed E-state index contributed by atoms with van der Waals surface area (Å²) < 4.78 is 39.2. The quantitative estimate of drug-likeness (QED) is 0.524. The molecule has 0 aliphatic carbocycles. The van der Waals surface area contributed by atoms with E-state index >= 15 is 0 Å². The first-order valence-electron chi connectivity index (χ1n) is 10.3. The van der Waals surface area contributed by atoms with Crippen LogP contribution < -0.4 is 14.8 Å². The molecule has 1 saturated heterocycles. The number of methoxy groups -OCH3 is 1. The predicted molar refractivity (Wildman–Crippen MR) is 124 cm³/mol. The molecule has 0 spiro atoms. The number of nitrogens with one attached hydrogen (secondary N) is 1. The Bertz CT molecular complexity index is 1190. The monoisotopic (exact) mass is 472 g/mol. The van der Waals surface area contributed by atoms with Gasteiger partial charge in [-0.15, -0.1) is 0 Å². The topological polar surface area (TPSA) is 84.9 Å². The molecule has 9 heteroatoms. The van der Waals surface area contributed by atoms with E-state index in [2.05, 4.69) is 5.32 Å². The van der Waals surface area contributed by atoms with Gasteiger partial charge in [0.25, 0.3) is 5.91 Å². The van der Waals surface area contributed by atoms with E-state index in [9.17, 15) is 13.2 Å². The summed E-state index contributed by atoms with van der Waals surface area (Å²) in [6.07, 6.45) is 2.71. The van der Waals surface area contributed by atoms with Crippen molar-refractivity contribution in [3.63, 3.8) is 0 Å². The van der Waals surface area contributed by atoms with Crippen LogP contribution in [0.25, 0.3) is 0 Å². The molecular weight excluding hydrogens is 448 g/mol. The molecule has 7 nitrogen and oxygen atoms in total. The molecule has 2 aromatic carbocycles. The van der Waals surface area contributed by atoms with Crippen molar-refractivity contribution < 1.29 is 22.7 Å². The first kappa shape index (κ1) is 22.3. The number of rotatable bonds is 7. The van der Waals surface area contributed by atoms with Crippen LogP contribution in [0.15, 0.2) is 64.2 Å². The first-order chi connectivity index (χ1) is 15.5. The average Bonchev–Trinajstić information content (AvgIpc) is 3.36. The van der Waals surface area contributed by atoms with Gasteiger partial charge in [-0.3, -0.25) is 4.79 Å². The SMILES string of the molecule is COc1ccccc1Oc1ccc(S(=O)(=O)N2CCCCC2)cc1NC(=O)c1ccsc1. The highest BCUT2D eigenvalue weighted by molar-refractivity contribution is 7.89. The highest BCUT2D eigenvalue weighted by Gasteiger charge is 2.27. The van der Waals surface area contributed by atoms with E-state index in [4.69, 9.17) is 9.47 Å². The maximum Gasteiger partial charge on any atom is 0.256 e. The predicted octanol–water partition coefficient (Wildman–Crippen LogP) is 4.98. The van der Waals surface area contributed by atoms with Gasteiger partial charge in [-0.05, 0) is 54.6 Å². The fraction of sp³-hybridized carbons (Fsp3) is 0.261. The van der Waals surface area contributed by atoms with Crippen LogP contribution >= 0.6 is 11.3 Å². The number of para-hydroxylation sites is 2. The number of piperidine rings is 1. The lowest BCUT2D eigenvalue weighted by Crippen LogP contribution is -2.35. The molecule has 0 radical (unpaired) electrons. The summed E-state index contributed by atoms with van der Waals surface area (Å²) in [5, 5.41) is 6.34. The normalized spacial score (nSPS) is 14.7. The van der Waals surface area contributed by atoms with Crippen molar-refractivity contribution in [3.8, 4) is 17.2 Å². The van der Waals surface area contributed by atoms with Gasteiger partial charge in [-0.25, -0.2) is 8.42 Å². The molecule has 0 bridgehead atoms. The largest absolute Gasteiger partial charge is 0.493 e. The lowest BCUT2D eigenvalue weighted by atomic mass is 10.2. The Morgan fingerprint density at radius 1 is 1.00 bits per heavy atom. The molecule has 1 amide bonds. The fourth-order valence-electron chi connectivity index (χ4n) is 3.52. The number of nitrogens with zero attached hydrogens (tertiary/aromatic N) is 1. The molecule has 1 fully saturated rings. The molecule has 0 saturated carbocycles. The van der Waals surface area contributed by atoms with Crippen LogP contribution in [-0.2, 0) is 10.0 Å². The Labute approximate surface area is 191 Å². The van der Waals surface area contributed by atoms with E-state index < -0.39 is 10.0 Å². The van der Waals surface area contributed by atoms with Crippen LogP contribution in [0, 0.1) is 0 Å². The first-order valence-corrected chi connectivity index (χ1v) is 12.7. The van der Waals surface area contributed by atoms with Crippen molar-refractivity contribution in [2.24, 2.45) is 0 Å². The van der Waals surface area contributed by atoms with Gasteiger partial charge in [0.2, 0.25) is 10.0 Å². The number of ether oxygens (including phenoxy) is 2. The molecule has 3 aromatic rings. The van der Waals surface area contributed by atoms with Gasteiger partial charge < -0.3 is 14.8 Å². The van der Waals surface area contributed by atoms with Crippen LogP contribution in [0.5, 0.6) is 17.2 Å². The third kappa shape index (κ3) is 4.79. The maximum absolute atomic E-state index is 13.2. The van der Waals surface area contributed by atoms with Crippen molar-refractivity contribution in [1.82, 2.24) is 4.31 Å². The molecule has 2 heterocycles. The average molecular weight is 473 g/mol. The highest BCUT2D eigenvalue weighted by atomic mass is 32.2. The van der Waals surface area contributed by atoms with E-state index in [-0.39, 0.29) is 16.5 Å². The number of carbonyl (C=O) groups excluding carboxylic acids is 1. The van der Waals surface area contributed by atoms with Crippen LogP contribution in [0.1, 0.15) is 29.6 Å². The molecule has 4 rings (SSSR count). The van der Waals surface area contributed by atoms with Crippen molar-refractivity contribution in [1.29, 1.82) is 0 Å². The molecule has 1 aromatic heterocycles. The smallest absolute Gasteiger partial charge is 0.256 e. The molecule has 32 heavy (non-hydrogen) atoms. The summed E-state index contributed by atoms with van der Waals surface area (Å²) in [5.41, 5.74) is 0.757. The van der Waals surface area contributed by atoms with Crippen LogP contribution in [0.4, 0.5) is 5.69 Å². The van der Waals surface area contributed by atoms with Crippen molar-refractivity contribution in [3.05, 3.63) is 64.9 Å². The zero-order chi connectivity index (χ0) is 22.6. The Kier molecular flexibility index (Phi) is 6.78. The number of carbonyl (C=O) groups is 1. The maximum atomic E-state index is 13.2. The summed E-state index contributed by atoms with van der Waals surface area (Å²) in [6.45, 7) is 0.997. The van der Waals surface area contributed by atoms with E-state index in [1.54, 1.807) is 41.1 Å². The number of anilines is 1. The van der Waals surface area contributed by atoms with Crippen molar-refractivity contribution in [2.75, 3.05) is 25.5 Å². The van der Waals surface area contributed by atoms with Gasteiger partial charge in [0, 0.05) is 18.5 Å². The Morgan fingerprint density at radius 2 is 1.75 bits per heavy atom. The third-order valence-electron chi connectivity index (χ3n) is 5.22. The van der Waals surface area contributed by atoms with Gasteiger partial charge in [0.15, 0.2) is 17.2 Å². The Morgan fingerprint density at radius 3 is 2.44 bits per heavy atom. The lowest BCUT2D eigenvalue weighted by Gasteiger charge is -2.26. The highest BCUT2D eigenvalue weighted by Crippen LogP contribution is 2.37. The fourth-order valence-corrected chi connectivity index (χ4v) is 5.70. The molecule has 0 atom stereocenters. The number of hydrogen-bond donors (Lipinski definition) is 1. The van der Waals surface area contributed by atoms with Gasteiger partial charge in [-0.2, -0.15) is 15.6 Å². The molecule has 1 N–H and O–H groups in total. The minimum Gasteiger partial charge on any atom is -0.493 e. The summed E-state index contributed by atoms with van der Waals surface area (Å²) in [6, 6.07) is 13.3. The van der Waals surface area contributed by atoms with Crippen molar-refractivity contribution >= 4 is 33.0 Å². The van der Waals surface area contributed by atoms with Gasteiger partial charge in [-0.1, -0.05) is 18.6 Å². The summed E-state index contributed by atoms with van der Waals surface area (Å²) in [5.74, 6) is 0.944. The number of hydrogen-bond acceptors (Lipinski definition) is 6. The van der Waals surface area contributed by atoms with E-state index in [0.29, 0.717) is 35.9 Å². The third-order valence-corrected chi connectivity index (χ3v) is 7.80. The van der Waals surface area contributed by atoms with Gasteiger partial charge >= 0.3 is 0 Å². The number of amides is 1. The Balaban J connectivity index is 1.71. The zero-order valence-electron chi connectivity index (χ0n) is 17.6. The lowest BCUT2D eigenvalue weighted by molar-refractivity contribution is 0.102. The second-order valence-electron chi connectivity index (χ2n) is 7.34. The minimum atomic E-state index is -3.67. The summed E-state index contributed by atoms with van der Waals surface area (Å²) >= 11 is 1.41. The number of benzene rings is 2. The minimum absolute atomic E-state index is 0.118. The van der Waals surface area contributed by atoms with Gasteiger partial charge in [0.05, 0.1) is 23.3 Å². The van der Waals surface area contributed by atoms with E-state index in [1.165, 1.54) is 34.9 Å². The molecule has 1 aliphatic heterocycles. The molecule has 0 unspecified atom stereocenters. The van der Waals surface area contributed by atoms with Gasteiger partial charge in [0.1, 0.15) is 0 Å². The van der Waals surface area contributed by atoms with Crippen LogP contribution in [0.3, 0.4) is 0 Å². The summed E-state index contributed by atoms with van der Waals surface area (Å²) in [7, 11) is -2.14.